The predicted octanol–water partition coefficient (Wildman–Crippen LogP) is 2.02. The van der Waals surface area contributed by atoms with Gasteiger partial charge in [-0.3, -0.25) is 30.0 Å². The van der Waals surface area contributed by atoms with Gasteiger partial charge >= 0.3 is 6.09 Å². The molecule has 0 spiro atoms. The Bertz CT molecular complexity index is 1090. The SMILES string of the molecule is CC(C)(C)OC(=O)NN1CCC(CCN2CCN(c3ccc(C(=O)N[C@H]4CCC(=O)NC4=O)c(F)c3)CC2)CC1. The van der Waals surface area contributed by atoms with E-state index in [0.29, 0.717) is 5.92 Å². The molecule has 3 heterocycles. The van der Waals surface area contributed by atoms with Gasteiger partial charge in [0, 0.05) is 51.4 Å². The normalized spacial score (nSPS) is 21.6. The summed E-state index contributed by atoms with van der Waals surface area (Å²) >= 11 is 0. The molecule has 0 aromatic heterocycles. The molecule has 3 aliphatic rings. The number of piperazine rings is 1. The second kappa shape index (κ2) is 12.9. The van der Waals surface area contributed by atoms with Crippen LogP contribution in [0.1, 0.15) is 63.2 Å². The molecule has 3 fully saturated rings. The highest BCUT2D eigenvalue weighted by Crippen LogP contribution is 2.23. The van der Waals surface area contributed by atoms with Crippen molar-refractivity contribution in [2.75, 3.05) is 50.7 Å². The van der Waals surface area contributed by atoms with Gasteiger partial charge in [0.1, 0.15) is 17.5 Å². The summed E-state index contributed by atoms with van der Waals surface area (Å²) in [6, 6.07) is 3.70. The number of amides is 4. The van der Waals surface area contributed by atoms with Crippen LogP contribution in [0.3, 0.4) is 0 Å². The van der Waals surface area contributed by atoms with E-state index >= 15 is 0 Å². The fraction of sp³-hybridized carbons (Fsp3) is 0.643. The van der Waals surface area contributed by atoms with Crippen molar-refractivity contribution in [2.45, 2.75) is 64.5 Å². The number of carbonyl (C=O) groups excluding carboxylic acids is 4. The number of hydrogen-bond acceptors (Lipinski definition) is 8. The first kappa shape index (κ1) is 29.7. The summed E-state index contributed by atoms with van der Waals surface area (Å²) in [7, 11) is 0. The molecule has 3 aliphatic heterocycles. The number of benzene rings is 1. The fourth-order valence-corrected chi connectivity index (χ4v) is 5.31. The average Bonchev–Trinajstić information content (AvgIpc) is 2.89. The van der Waals surface area contributed by atoms with Crippen molar-refractivity contribution >= 4 is 29.5 Å². The maximum atomic E-state index is 14.9. The summed E-state index contributed by atoms with van der Waals surface area (Å²) in [5.41, 5.74) is 2.92. The predicted molar refractivity (Wildman–Crippen MR) is 147 cm³/mol. The van der Waals surface area contributed by atoms with E-state index in [0.717, 1.165) is 70.8 Å². The molecule has 1 atom stereocenters. The highest BCUT2D eigenvalue weighted by Gasteiger charge is 2.29. The van der Waals surface area contributed by atoms with Gasteiger partial charge in [-0.1, -0.05) is 0 Å². The molecule has 0 aliphatic carbocycles. The molecule has 4 rings (SSSR count). The molecular formula is C28H41FN6O5. The number of nitrogens with one attached hydrogen (secondary N) is 3. The number of imide groups is 1. The molecular weight excluding hydrogens is 519 g/mol. The standard InChI is InChI=1S/C28H41FN6O5/c1-28(2,3)40-27(39)32-35-12-9-19(10-13-35)8-11-33-14-16-34(17-15-33)20-4-5-21(22(29)18-20)25(37)30-23-6-7-24(36)31-26(23)38/h4-5,18-19,23H,6-17H2,1-3H3,(H,30,37)(H,32,39)(H,31,36,38)/t23-/m0/s1. The fourth-order valence-electron chi connectivity index (χ4n) is 5.31. The Morgan fingerprint density at radius 1 is 1.05 bits per heavy atom. The first-order chi connectivity index (χ1) is 19.0. The van der Waals surface area contributed by atoms with Gasteiger partial charge in [0.2, 0.25) is 11.8 Å². The van der Waals surface area contributed by atoms with Crippen LogP contribution in [-0.4, -0.2) is 91.2 Å². The minimum absolute atomic E-state index is 0.126. The van der Waals surface area contributed by atoms with Crippen LogP contribution in [0.15, 0.2) is 18.2 Å². The minimum atomic E-state index is -0.848. The van der Waals surface area contributed by atoms with Crippen molar-refractivity contribution in [2.24, 2.45) is 5.92 Å². The molecule has 0 unspecified atom stereocenters. The molecule has 0 bridgehead atoms. The molecule has 0 radical (unpaired) electrons. The number of anilines is 1. The van der Waals surface area contributed by atoms with Crippen LogP contribution in [0.2, 0.25) is 0 Å². The lowest BCUT2D eigenvalue weighted by molar-refractivity contribution is -0.134. The van der Waals surface area contributed by atoms with Gasteiger partial charge < -0.3 is 15.0 Å². The first-order valence-corrected chi connectivity index (χ1v) is 14.1. The molecule has 220 valence electrons. The Morgan fingerprint density at radius 3 is 2.38 bits per heavy atom. The third kappa shape index (κ3) is 8.37. The number of halogens is 1. The highest BCUT2D eigenvalue weighted by atomic mass is 19.1. The Labute approximate surface area is 234 Å². The van der Waals surface area contributed by atoms with Crippen molar-refractivity contribution in [3.05, 3.63) is 29.6 Å². The Kier molecular flexibility index (Phi) is 9.62. The van der Waals surface area contributed by atoms with Gasteiger partial charge in [0.15, 0.2) is 0 Å². The molecule has 0 saturated carbocycles. The zero-order chi connectivity index (χ0) is 28.9. The number of rotatable bonds is 7. The van der Waals surface area contributed by atoms with Gasteiger partial charge in [-0.15, -0.1) is 0 Å². The van der Waals surface area contributed by atoms with Crippen LogP contribution in [0, 0.1) is 11.7 Å². The van der Waals surface area contributed by atoms with Crippen molar-refractivity contribution in [3.8, 4) is 0 Å². The Hall–Kier alpha value is -3.25. The molecule has 3 N–H and O–H groups in total. The summed E-state index contributed by atoms with van der Waals surface area (Å²) in [6.45, 7) is 11.4. The second-order valence-electron chi connectivity index (χ2n) is 11.8. The molecule has 4 amide bonds. The lowest BCUT2D eigenvalue weighted by Crippen LogP contribution is -2.52. The number of hydrazine groups is 1. The van der Waals surface area contributed by atoms with Crippen LogP contribution < -0.4 is 21.0 Å². The largest absolute Gasteiger partial charge is 0.443 e. The third-order valence-electron chi connectivity index (χ3n) is 7.60. The first-order valence-electron chi connectivity index (χ1n) is 14.1. The summed E-state index contributed by atoms with van der Waals surface area (Å²) in [6.07, 6.45) is 3.08. The van der Waals surface area contributed by atoms with E-state index in [1.54, 1.807) is 6.07 Å². The molecule has 1 aromatic carbocycles. The highest BCUT2D eigenvalue weighted by molar-refractivity contribution is 6.03. The molecule has 3 saturated heterocycles. The molecule has 12 heteroatoms. The maximum absolute atomic E-state index is 14.9. The summed E-state index contributed by atoms with van der Waals surface area (Å²) in [4.78, 5) is 52.3. The van der Waals surface area contributed by atoms with Gasteiger partial charge in [-0.05, 0) is 77.1 Å². The quantitative estimate of drug-likeness (QED) is 0.433. The number of hydrogen-bond donors (Lipinski definition) is 3. The zero-order valence-electron chi connectivity index (χ0n) is 23.6. The van der Waals surface area contributed by atoms with Crippen molar-refractivity contribution in [1.82, 2.24) is 26.0 Å². The minimum Gasteiger partial charge on any atom is -0.443 e. The molecule has 1 aromatic rings. The lowest BCUT2D eigenvalue weighted by Gasteiger charge is -2.37. The topological polar surface area (TPSA) is 123 Å². The molecule has 11 nitrogen and oxygen atoms in total. The number of nitrogens with zero attached hydrogens (tertiary/aromatic N) is 3. The van der Waals surface area contributed by atoms with Crippen LogP contribution >= 0.6 is 0 Å². The zero-order valence-corrected chi connectivity index (χ0v) is 23.6. The van der Waals surface area contributed by atoms with Crippen molar-refractivity contribution in [1.29, 1.82) is 0 Å². The number of ether oxygens (including phenoxy) is 1. The van der Waals surface area contributed by atoms with Crippen molar-refractivity contribution in [3.63, 3.8) is 0 Å². The average molecular weight is 561 g/mol. The number of carbonyl (C=O) groups is 4. The summed E-state index contributed by atoms with van der Waals surface area (Å²) in [5, 5.41) is 6.64. The van der Waals surface area contributed by atoms with Gasteiger partial charge in [0.25, 0.3) is 5.91 Å². The van der Waals surface area contributed by atoms with E-state index < -0.39 is 35.4 Å². The van der Waals surface area contributed by atoms with Crippen molar-refractivity contribution < 1.29 is 28.3 Å². The van der Waals surface area contributed by atoms with Gasteiger partial charge in [0.05, 0.1) is 5.56 Å². The Balaban J connectivity index is 1.17. The second-order valence-corrected chi connectivity index (χ2v) is 11.8. The van der Waals surface area contributed by atoms with Crippen LogP contribution in [0.4, 0.5) is 14.9 Å². The van der Waals surface area contributed by atoms with E-state index in [9.17, 15) is 23.6 Å². The summed E-state index contributed by atoms with van der Waals surface area (Å²) < 4.78 is 20.2. The van der Waals surface area contributed by atoms with Gasteiger partial charge in [-0.25, -0.2) is 14.2 Å². The van der Waals surface area contributed by atoms with Crippen LogP contribution in [0.5, 0.6) is 0 Å². The smallest absolute Gasteiger partial charge is 0.422 e. The third-order valence-corrected chi connectivity index (χ3v) is 7.60. The molecule has 40 heavy (non-hydrogen) atoms. The summed E-state index contributed by atoms with van der Waals surface area (Å²) in [5.74, 6) is -1.64. The van der Waals surface area contributed by atoms with E-state index in [2.05, 4.69) is 25.9 Å². The van der Waals surface area contributed by atoms with E-state index in [-0.39, 0.29) is 24.3 Å². The van der Waals surface area contributed by atoms with Gasteiger partial charge in [-0.2, -0.15) is 0 Å². The van der Waals surface area contributed by atoms with Crippen LogP contribution in [-0.2, 0) is 14.3 Å². The monoisotopic (exact) mass is 560 g/mol. The van der Waals surface area contributed by atoms with Crippen LogP contribution in [0.25, 0.3) is 0 Å². The van der Waals surface area contributed by atoms with E-state index in [4.69, 9.17) is 4.74 Å². The van der Waals surface area contributed by atoms with E-state index in [1.807, 2.05) is 25.8 Å². The Morgan fingerprint density at radius 2 is 1.75 bits per heavy atom. The lowest BCUT2D eigenvalue weighted by atomic mass is 9.94. The van der Waals surface area contributed by atoms with E-state index in [1.165, 1.54) is 12.1 Å². The maximum Gasteiger partial charge on any atom is 0.422 e. The number of piperidine rings is 2.